The van der Waals surface area contributed by atoms with Gasteiger partial charge in [0.25, 0.3) is 0 Å². The second-order valence-electron chi connectivity index (χ2n) is 12.5. The van der Waals surface area contributed by atoms with E-state index in [1.807, 2.05) is 12.0 Å². The summed E-state index contributed by atoms with van der Waals surface area (Å²) in [4.78, 5) is 32.1. The van der Waals surface area contributed by atoms with Crippen LogP contribution in [-0.2, 0) is 14.4 Å². The van der Waals surface area contributed by atoms with Crippen LogP contribution in [0.4, 0.5) is 8.78 Å². The normalized spacial score (nSPS) is 48.8. The highest BCUT2D eigenvalue weighted by Crippen LogP contribution is 2.72. The summed E-state index contributed by atoms with van der Waals surface area (Å²) in [6, 6.07) is 0.0659. The highest BCUT2D eigenvalue weighted by atomic mass is 19.1. The topological polar surface area (TPSA) is 87.1 Å². The van der Waals surface area contributed by atoms with E-state index in [-0.39, 0.29) is 42.1 Å². The maximum Gasteiger partial charge on any atom is 0.192 e. The molecule has 0 spiro atoms. The Balaban J connectivity index is 1.60. The molecule has 5 rings (SSSR count). The van der Waals surface area contributed by atoms with Gasteiger partial charge in [0.05, 0.1) is 6.10 Å². The molecule has 6 nitrogen and oxygen atoms in total. The standard InChI is InChI=1S/C28H39F2NO5/c1-6-22(15(2)3)31-13-16-9-18-19-11-21(29)20-10-17(33)7-8-25(20,4)27(19,30)23(34)12-26(18,5)28(16,36-31)24(35)14-32/h7-8,10,15-16,18-19,21-23,32,34H,6,9,11-14H2,1-5H3/t16-,18-,19-,21-,22?,23-,25-,26-,27-,28-/m0/s1. The number of alkyl halides is 2. The lowest BCUT2D eigenvalue weighted by molar-refractivity contribution is -0.278. The smallest absolute Gasteiger partial charge is 0.192 e. The zero-order valence-electron chi connectivity index (χ0n) is 21.8. The molecule has 0 aromatic carbocycles. The van der Waals surface area contributed by atoms with Crippen molar-refractivity contribution in [1.82, 2.24) is 5.06 Å². The Bertz CT molecular complexity index is 1030. The number of hydrogen-bond donors (Lipinski definition) is 2. The van der Waals surface area contributed by atoms with E-state index in [2.05, 4.69) is 20.8 Å². The number of rotatable bonds is 5. The lowest BCUT2D eigenvalue weighted by Crippen LogP contribution is -2.70. The first kappa shape index (κ1) is 26.1. The lowest BCUT2D eigenvalue weighted by Gasteiger charge is -2.63. The van der Waals surface area contributed by atoms with E-state index < -0.39 is 58.6 Å². The predicted molar refractivity (Wildman–Crippen MR) is 129 cm³/mol. The van der Waals surface area contributed by atoms with E-state index in [0.717, 1.165) is 6.42 Å². The third kappa shape index (κ3) is 2.96. The second kappa shape index (κ2) is 8.26. The van der Waals surface area contributed by atoms with E-state index in [1.54, 1.807) is 6.92 Å². The molecule has 3 saturated carbocycles. The fourth-order valence-corrected chi connectivity index (χ4v) is 9.10. The largest absolute Gasteiger partial charge is 0.390 e. The first-order chi connectivity index (χ1) is 16.8. The first-order valence-electron chi connectivity index (χ1n) is 13.4. The molecule has 2 N–H and O–H groups in total. The number of Topliss-reactive ketones (excluding diaryl/α,β-unsaturated/α-hetero) is 1. The molecule has 0 aromatic heterocycles. The summed E-state index contributed by atoms with van der Waals surface area (Å²) in [5.41, 5.74) is -5.98. The van der Waals surface area contributed by atoms with Crippen LogP contribution < -0.4 is 0 Å². The van der Waals surface area contributed by atoms with E-state index in [1.165, 1.54) is 18.2 Å². The van der Waals surface area contributed by atoms with Gasteiger partial charge in [0.2, 0.25) is 0 Å². The summed E-state index contributed by atoms with van der Waals surface area (Å²) in [5, 5.41) is 23.5. The van der Waals surface area contributed by atoms with Crippen LogP contribution in [0, 0.1) is 34.5 Å². The van der Waals surface area contributed by atoms with Crippen LogP contribution in [0.3, 0.4) is 0 Å². The van der Waals surface area contributed by atoms with Crippen molar-refractivity contribution in [2.45, 2.75) is 89.9 Å². The molecule has 0 aromatic rings. The van der Waals surface area contributed by atoms with Gasteiger partial charge < -0.3 is 10.2 Å². The molecular weight excluding hydrogens is 468 g/mol. The van der Waals surface area contributed by atoms with Gasteiger partial charge in [-0.1, -0.05) is 33.8 Å². The van der Waals surface area contributed by atoms with Crippen LogP contribution in [0.1, 0.15) is 60.3 Å². The first-order valence-corrected chi connectivity index (χ1v) is 13.4. The Morgan fingerprint density at radius 1 is 1.28 bits per heavy atom. The molecule has 200 valence electrons. The third-order valence-electron chi connectivity index (χ3n) is 10.8. The molecule has 8 heteroatoms. The Hall–Kier alpha value is -1.48. The van der Waals surface area contributed by atoms with Gasteiger partial charge in [0, 0.05) is 35.3 Å². The van der Waals surface area contributed by atoms with Crippen LogP contribution >= 0.6 is 0 Å². The lowest BCUT2D eigenvalue weighted by atomic mass is 9.44. The number of carbonyl (C=O) groups is 2. The van der Waals surface area contributed by atoms with E-state index >= 15 is 8.78 Å². The zero-order valence-corrected chi connectivity index (χ0v) is 21.8. The van der Waals surface area contributed by atoms with Gasteiger partial charge in [0.1, 0.15) is 12.8 Å². The number of ketones is 2. The molecule has 36 heavy (non-hydrogen) atoms. The molecule has 1 aliphatic heterocycles. The van der Waals surface area contributed by atoms with Crippen molar-refractivity contribution >= 4 is 11.6 Å². The van der Waals surface area contributed by atoms with Crippen molar-refractivity contribution in [3.63, 3.8) is 0 Å². The highest BCUT2D eigenvalue weighted by Gasteiger charge is 2.79. The van der Waals surface area contributed by atoms with Gasteiger partial charge in [-0.05, 0) is 62.2 Å². The maximum absolute atomic E-state index is 17.4. The molecule has 0 radical (unpaired) electrons. The van der Waals surface area contributed by atoms with Crippen molar-refractivity contribution in [2.24, 2.45) is 34.5 Å². The average Bonchev–Trinajstić information content (AvgIpc) is 3.30. The Labute approximate surface area is 211 Å². The number of carbonyl (C=O) groups excluding carboxylic acids is 2. The number of nitrogens with zero attached hydrogens (tertiary/aromatic N) is 1. The van der Waals surface area contributed by atoms with Crippen LogP contribution in [0.5, 0.6) is 0 Å². The summed E-state index contributed by atoms with van der Waals surface area (Å²) in [6.45, 7) is 9.43. The Morgan fingerprint density at radius 2 is 1.97 bits per heavy atom. The van der Waals surface area contributed by atoms with Crippen LogP contribution in [-0.4, -0.2) is 69.6 Å². The second-order valence-corrected chi connectivity index (χ2v) is 12.5. The molecule has 4 aliphatic carbocycles. The molecule has 1 unspecified atom stereocenters. The van der Waals surface area contributed by atoms with Crippen LogP contribution in [0.25, 0.3) is 0 Å². The Morgan fingerprint density at radius 3 is 2.58 bits per heavy atom. The summed E-state index contributed by atoms with van der Waals surface area (Å²) in [5.74, 6) is -2.18. The fourth-order valence-electron chi connectivity index (χ4n) is 9.10. The van der Waals surface area contributed by atoms with E-state index in [9.17, 15) is 19.8 Å². The van der Waals surface area contributed by atoms with Gasteiger partial charge in [-0.25, -0.2) is 8.78 Å². The summed E-state index contributed by atoms with van der Waals surface area (Å²) < 4.78 is 33.0. The van der Waals surface area contributed by atoms with Gasteiger partial charge >= 0.3 is 0 Å². The number of fused-ring (bicyclic) bond motifs is 7. The molecule has 5 aliphatic rings. The van der Waals surface area contributed by atoms with Gasteiger partial charge in [-0.3, -0.25) is 14.4 Å². The van der Waals surface area contributed by atoms with Crippen molar-refractivity contribution in [2.75, 3.05) is 13.2 Å². The number of allylic oxidation sites excluding steroid dienone is 4. The Kier molecular flexibility index (Phi) is 6.00. The molecule has 0 amide bonds. The molecule has 0 bridgehead atoms. The molecular formula is C28H39F2NO5. The summed E-state index contributed by atoms with van der Waals surface area (Å²) in [6.07, 6.45) is 1.87. The molecule has 4 fully saturated rings. The SMILES string of the molecule is CCC(C(C)C)N1C[C@@H]2C[C@H]3[C@@H]4C[C@H](F)C5=CC(=O)C=C[C@]5(C)[C@@]4(F)[C@@H](O)C[C@]3(C)[C@]2(C(=O)CO)O1. The van der Waals surface area contributed by atoms with Gasteiger partial charge in [-0.2, -0.15) is 5.06 Å². The zero-order chi connectivity index (χ0) is 26.4. The number of aliphatic hydroxyl groups excluding tert-OH is 2. The predicted octanol–water partition coefficient (Wildman–Crippen LogP) is 3.51. The number of hydrogen-bond acceptors (Lipinski definition) is 6. The molecule has 1 heterocycles. The van der Waals surface area contributed by atoms with Gasteiger partial charge in [0.15, 0.2) is 22.8 Å². The van der Waals surface area contributed by atoms with Crippen LogP contribution in [0.15, 0.2) is 23.8 Å². The average molecular weight is 508 g/mol. The van der Waals surface area contributed by atoms with E-state index in [4.69, 9.17) is 4.84 Å². The quantitative estimate of drug-likeness (QED) is 0.592. The van der Waals surface area contributed by atoms with Crippen LogP contribution in [0.2, 0.25) is 0 Å². The maximum atomic E-state index is 17.4. The van der Waals surface area contributed by atoms with E-state index in [0.29, 0.717) is 13.0 Å². The van der Waals surface area contributed by atoms with Crippen molar-refractivity contribution < 1.29 is 33.4 Å². The third-order valence-corrected chi connectivity index (χ3v) is 10.8. The molecule has 1 saturated heterocycles. The summed E-state index contributed by atoms with van der Waals surface area (Å²) >= 11 is 0. The highest BCUT2D eigenvalue weighted by molar-refractivity contribution is 6.01. The van der Waals surface area contributed by atoms with Crippen molar-refractivity contribution in [3.05, 3.63) is 23.8 Å². The minimum Gasteiger partial charge on any atom is -0.390 e. The summed E-state index contributed by atoms with van der Waals surface area (Å²) in [7, 11) is 0. The van der Waals surface area contributed by atoms with Gasteiger partial charge in [-0.15, -0.1) is 0 Å². The number of aliphatic hydroxyl groups is 2. The number of halogens is 2. The minimum absolute atomic E-state index is 0.0547. The van der Waals surface area contributed by atoms with Crippen molar-refractivity contribution in [1.29, 1.82) is 0 Å². The minimum atomic E-state index is -2.20. The fraction of sp³-hybridized carbons (Fsp3) is 0.786. The monoisotopic (exact) mass is 507 g/mol. The van der Waals surface area contributed by atoms with Crippen molar-refractivity contribution in [3.8, 4) is 0 Å². The molecule has 10 atom stereocenters. The number of hydroxylamine groups is 2.